The minimum absolute atomic E-state index is 0.586. The zero-order chi connectivity index (χ0) is 11.7. The Bertz CT molecular complexity index is 590. The van der Waals surface area contributed by atoms with E-state index < -0.39 is 0 Å². The number of aromatic amines is 1. The summed E-state index contributed by atoms with van der Waals surface area (Å²) < 4.78 is 0.586. The van der Waals surface area contributed by atoms with Gasteiger partial charge in [-0.05, 0) is 37.1 Å². The van der Waals surface area contributed by atoms with Crippen LogP contribution < -0.4 is 0 Å². The molecule has 0 aliphatic carbocycles. The van der Waals surface area contributed by atoms with Gasteiger partial charge >= 0.3 is 0 Å². The molecule has 0 saturated carbocycles. The van der Waals surface area contributed by atoms with Crippen LogP contribution in [-0.4, -0.2) is 9.97 Å². The van der Waals surface area contributed by atoms with Gasteiger partial charge in [-0.3, -0.25) is 0 Å². The van der Waals surface area contributed by atoms with Crippen molar-refractivity contribution in [2.45, 2.75) is 13.8 Å². The summed E-state index contributed by atoms with van der Waals surface area (Å²) >= 11 is 11.2. The Morgan fingerprint density at radius 2 is 2.00 bits per heavy atom. The van der Waals surface area contributed by atoms with Crippen molar-refractivity contribution in [3.8, 4) is 11.3 Å². The number of H-pyrrole nitrogens is 1. The van der Waals surface area contributed by atoms with Crippen LogP contribution >= 0.6 is 23.8 Å². The van der Waals surface area contributed by atoms with E-state index in [1.165, 1.54) is 0 Å². The summed E-state index contributed by atoms with van der Waals surface area (Å²) in [5.74, 6) is 0.805. The number of aromatic nitrogens is 2. The lowest BCUT2D eigenvalue weighted by molar-refractivity contribution is 1.05. The van der Waals surface area contributed by atoms with Gasteiger partial charge in [-0.25, -0.2) is 4.98 Å². The van der Waals surface area contributed by atoms with Crippen LogP contribution in [-0.2, 0) is 0 Å². The monoisotopic (exact) mass is 250 g/mol. The number of rotatable bonds is 1. The molecule has 1 N–H and O–H groups in total. The molecule has 0 fully saturated rings. The molecule has 2 aromatic rings. The Hall–Kier alpha value is -1.19. The van der Waals surface area contributed by atoms with Gasteiger partial charge in [0.1, 0.15) is 10.5 Å². The second-order valence-corrected chi connectivity index (χ2v) is 4.51. The summed E-state index contributed by atoms with van der Waals surface area (Å²) in [6.07, 6.45) is 0. The van der Waals surface area contributed by atoms with Crippen molar-refractivity contribution in [1.82, 2.24) is 9.97 Å². The molecule has 1 aromatic heterocycles. The van der Waals surface area contributed by atoms with E-state index in [0.717, 1.165) is 27.7 Å². The quantitative estimate of drug-likeness (QED) is 0.773. The molecule has 1 aromatic carbocycles. The van der Waals surface area contributed by atoms with Gasteiger partial charge in [-0.2, -0.15) is 0 Å². The van der Waals surface area contributed by atoms with Crippen molar-refractivity contribution in [3.05, 3.63) is 45.3 Å². The fourth-order valence-electron chi connectivity index (χ4n) is 1.50. The molecule has 0 aliphatic rings. The molecule has 0 bridgehead atoms. The first kappa shape index (κ1) is 11.3. The molecule has 0 aliphatic heterocycles. The first-order chi connectivity index (χ1) is 7.56. The summed E-state index contributed by atoms with van der Waals surface area (Å²) in [6.45, 7) is 3.86. The van der Waals surface area contributed by atoms with E-state index in [2.05, 4.69) is 9.97 Å². The molecule has 16 heavy (non-hydrogen) atoms. The minimum Gasteiger partial charge on any atom is -0.343 e. The van der Waals surface area contributed by atoms with Crippen LogP contribution in [0.3, 0.4) is 0 Å². The number of hydrogen-bond donors (Lipinski definition) is 1. The van der Waals surface area contributed by atoms with E-state index in [1.54, 1.807) is 0 Å². The van der Waals surface area contributed by atoms with Gasteiger partial charge in [0.15, 0.2) is 0 Å². The summed E-state index contributed by atoms with van der Waals surface area (Å²) in [4.78, 5) is 7.30. The zero-order valence-corrected chi connectivity index (χ0v) is 10.6. The molecule has 0 amide bonds. The lowest BCUT2D eigenvalue weighted by Crippen LogP contribution is -1.91. The van der Waals surface area contributed by atoms with Crippen LogP contribution in [0.2, 0.25) is 5.02 Å². The number of benzene rings is 1. The maximum absolute atomic E-state index is 6.09. The number of halogens is 1. The van der Waals surface area contributed by atoms with E-state index in [0.29, 0.717) is 4.64 Å². The van der Waals surface area contributed by atoms with Crippen molar-refractivity contribution in [2.24, 2.45) is 0 Å². The van der Waals surface area contributed by atoms with Gasteiger partial charge in [0, 0.05) is 10.7 Å². The molecule has 0 radical (unpaired) electrons. The SMILES string of the molecule is Cc1nc(=S)cc(-c2ccc(C)c(Cl)c2)[nH]1. The third kappa shape index (κ3) is 2.31. The average Bonchev–Trinajstić information content (AvgIpc) is 2.20. The van der Waals surface area contributed by atoms with Gasteiger partial charge in [-0.1, -0.05) is 36.0 Å². The molecule has 82 valence electrons. The molecule has 0 unspecified atom stereocenters. The normalized spacial score (nSPS) is 10.4. The van der Waals surface area contributed by atoms with Crippen LogP contribution in [0.5, 0.6) is 0 Å². The second kappa shape index (κ2) is 4.36. The lowest BCUT2D eigenvalue weighted by atomic mass is 10.1. The predicted octanol–water partition coefficient (Wildman–Crippen LogP) is 4.08. The smallest absolute Gasteiger partial charge is 0.130 e. The zero-order valence-electron chi connectivity index (χ0n) is 9.04. The second-order valence-electron chi connectivity index (χ2n) is 3.68. The van der Waals surface area contributed by atoms with Gasteiger partial charge < -0.3 is 4.98 Å². The first-order valence-electron chi connectivity index (χ1n) is 4.91. The molecule has 2 rings (SSSR count). The Morgan fingerprint density at radius 3 is 2.62 bits per heavy atom. The maximum Gasteiger partial charge on any atom is 0.130 e. The Balaban J connectivity index is 2.58. The van der Waals surface area contributed by atoms with E-state index in [9.17, 15) is 0 Å². The summed E-state index contributed by atoms with van der Waals surface area (Å²) in [7, 11) is 0. The number of aryl methyl sites for hydroxylation is 2. The van der Waals surface area contributed by atoms with E-state index >= 15 is 0 Å². The van der Waals surface area contributed by atoms with Gasteiger partial charge in [0.05, 0.1) is 0 Å². The molecule has 0 atom stereocenters. The predicted molar refractivity (Wildman–Crippen MR) is 69.3 cm³/mol. The highest BCUT2D eigenvalue weighted by molar-refractivity contribution is 7.71. The largest absolute Gasteiger partial charge is 0.343 e. The van der Waals surface area contributed by atoms with Gasteiger partial charge in [0.25, 0.3) is 0 Å². The maximum atomic E-state index is 6.09. The van der Waals surface area contributed by atoms with E-state index in [4.69, 9.17) is 23.8 Å². The van der Waals surface area contributed by atoms with Crippen LogP contribution in [0, 0.1) is 18.5 Å². The Kier molecular flexibility index (Phi) is 3.08. The Labute approximate surface area is 104 Å². The van der Waals surface area contributed by atoms with Crippen LogP contribution in [0.4, 0.5) is 0 Å². The van der Waals surface area contributed by atoms with E-state index in [-0.39, 0.29) is 0 Å². The molecule has 2 nitrogen and oxygen atoms in total. The highest BCUT2D eigenvalue weighted by Crippen LogP contribution is 2.23. The van der Waals surface area contributed by atoms with Crippen molar-refractivity contribution in [3.63, 3.8) is 0 Å². The van der Waals surface area contributed by atoms with Crippen molar-refractivity contribution in [1.29, 1.82) is 0 Å². The van der Waals surface area contributed by atoms with Crippen LogP contribution in [0.25, 0.3) is 11.3 Å². The van der Waals surface area contributed by atoms with Crippen LogP contribution in [0.15, 0.2) is 24.3 Å². The third-order valence-corrected chi connectivity index (χ3v) is 2.96. The van der Waals surface area contributed by atoms with Gasteiger partial charge in [-0.15, -0.1) is 0 Å². The first-order valence-corrected chi connectivity index (χ1v) is 5.69. The van der Waals surface area contributed by atoms with Crippen molar-refractivity contribution in [2.75, 3.05) is 0 Å². The molecular weight excluding hydrogens is 240 g/mol. The summed E-state index contributed by atoms with van der Waals surface area (Å²) in [5.41, 5.74) is 3.03. The minimum atomic E-state index is 0.586. The molecular formula is C12H11ClN2S. The summed E-state index contributed by atoms with van der Waals surface area (Å²) in [5, 5.41) is 0.756. The third-order valence-electron chi connectivity index (χ3n) is 2.34. The van der Waals surface area contributed by atoms with Crippen molar-refractivity contribution >= 4 is 23.8 Å². The van der Waals surface area contributed by atoms with Gasteiger partial charge in [0.2, 0.25) is 0 Å². The molecule has 0 spiro atoms. The average molecular weight is 251 g/mol. The number of nitrogens with one attached hydrogen (secondary N) is 1. The highest BCUT2D eigenvalue weighted by Gasteiger charge is 2.02. The van der Waals surface area contributed by atoms with Crippen molar-refractivity contribution < 1.29 is 0 Å². The summed E-state index contributed by atoms with van der Waals surface area (Å²) in [6, 6.07) is 7.77. The van der Waals surface area contributed by atoms with E-state index in [1.807, 2.05) is 38.1 Å². The topological polar surface area (TPSA) is 28.7 Å². The molecule has 1 heterocycles. The highest BCUT2D eigenvalue weighted by atomic mass is 35.5. The fraction of sp³-hybridized carbons (Fsp3) is 0.167. The lowest BCUT2D eigenvalue weighted by Gasteiger charge is -2.05. The fourth-order valence-corrected chi connectivity index (χ4v) is 1.93. The Morgan fingerprint density at radius 1 is 1.25 bits per heavy atom. The number of nitrogens with zero attached hydrogens (tertiary/aromatic N) is 1. The molecule has 4 heteroatoms. The van der Waals surface area contributed by atoms with Crippen LogP contribution in [0.1, 0.15) is 11.4 Å². The molecule has 0 saturated heterocycles. The standard InChI is InChI=1S/C12H11ClN2S/c1-7-3-4-9(5-10(7)13)11-6-12(16)15-8(2)14-11/h3-6H,1-2H3,(H,14,15,16). The number of hydrogen-bond acceptors (Lipinski definition) is 2.